The Kier molecular flexibility index (Phi) is 12.4. The number of methoxy groups -OCH3 is 1. The van der Waals surface area contributed by atoms with Crippen molar-refractivity contribution in [2.75, 3.05) is 20.2 Å². The maximum Gasteiger partial charge on any atom is 0.408 e. The lowest BCUT2D eigenvalue weighted by molar-refractivity contribution is -0.142. The van der Waals surface area contributed by atoms with E-state index in [0.29, 0.717) is 5.56 Å². The van der Waals surface area contributed by atoms with Crippen molar-refractivity contribution in [1.29, 1.82) is 0 Å². The lowest BCUT2D eigenvalue weighted by atomic mass is 9.84. The lowest BCUT2D eigenvalue weighted by Crippen LogP contribution is -2.60. The first-order chi connectivity index (χ1) is 21.1. The molecular weight excluding hydrogens is 566 g/mol. The minimum atomic E-state index is -1.87. The molecular formula is C32H37N5O7. The summed E-state index contributed by atoms with van der Waals surface area (Å²) in [6.45, 7) is 2.82. The van der Waals surface area contributed by atoms with Gasteiger partial charge in [0.1, 0.15) is 19.2 Å². The molecule has 0 saturated carbocycles. The molecule has 4 N–H and O–H groups in total. The Hall–Kier alpha value is -5.26. The first-order valence-corrected chi connectivity index (χ1v) is 14.0. The number of esters is 1. The number of carbonyl (C=O) groups is 5. The smallest absolute Gasteiger partial charge is 0.408 e. The monoisotopic (exact) mass is 603 g/mol. The van der Waals surface area contributed by atoms with E-state index < -0.39 is 54.5 Å². The van der Waals surface area contributed by atoms with Crippen LogP contribution in [0.2, 0.25) is 0 Å². The molecule has 12 heteroatoms. The highest BCUT2D eigenvalue weighted by Crippen LogP contribution is 2.29. The number of rotatable bonds is 14. The van der Waals surface area contributed by atoms with Gasteiger partial charge in [-0.1, -0.05) is 80.6 Å². The molecule has 0 bridgehead atoms. The molecule has 44 heavy (non-hydrogen) atoms. The van der Waals surface area contributed by atoms with E-state index in [1.54, 1.807) is 60.7 Å². The van der Waals surface area contributed by atoms with Crippen LogP contribution in [-0.2, 0) is 40.8 Å². The molecule has 0 aliphatic heterocycles. The van der Waals surface area contributed by atoms with Gasteiger partial charge < -0.3 is 30.7 Å². The topological polar surface area (TPSA) is 165 Å². The minimum absolute atomic E-state index is 0.0260. The van der Waals surface area contributed by atoms with Crippen molar-refractivity contribution in [3.8, 4) is 0 Å². The molecule has 0 radical (unpaired) electrons. The van der Waals surface area contributed by atoms with E-state index in [1.165, 1.54) is 13.3 Å². The first-order valence-electron chi connectivity index (χ1n) is 14.0. The third-order valence-electron chi connectivity index (χ3n) is 6.50. The van der Waals surface area contributed by atoms with Crippen LogP contribution in [0.15, 0.2) is 85.1 Å². The summed E-state index contributed by atoms with van der Waals surface area (Å²) in [5, 5.41) is 10.4. The average molecular weight is 604 g/mol. The lowest BCUT2D eigenvalue weighted by Gasteiger charge is -2.33. The van der Waals surface area contributed by atoms with Crippen LogP contribution >= 0.6 is 0 Å². The molecule has 0 fully saturated rings. The first kappa shape index (κ1) is 33.2. The van der Waals surface area contributed by atoms with Gasteiger partial charge in [-0.2, -0.15) is 0 Å². The Morgan fingerprint density at radius 1 is 0.841 bits per heavy atom. The molecule has 0 aliphatic carbocycles. The van der Waals surface area contributed by atoms with Crippen LogP contribution < -0.4 is 21.3 Å². The van der Waals surface area contributed by atoms with Crippen molar-refractivity contribution in [2.24, 2.45) is 5.92 Å². The molecule has 0 saturated heterocycles. The van der Waals surface area contributed by atoms with E-state index in [4.69, 9.17) is 4.74 Å². The highest BCUT2D eigenvalue weighted by atomic mass is 16.5. The van der Waals surface area contributed by atoms with Crippen LogP contribution in [0, 0.1) is 5.92 Å². The average Bonchev–Trinajstić information content (AvgIpc) is 3.04. The second kappa shape index (κ2) is 16.4. The number of hydrogen-bond donors (Lipinski definition) is 4. The van der Waals surface area contributed by atoms with Gasteiger partial charge in [0.2, 0.25) is 11.8 Å². The van der Waals surface area contributed by atoms with E-state index in [0.717, 1.165) is 5.56 Å². The summed E-state index contributed by atoms with van der Waals surface area (Å²) in [6.07, 6.45) is 0.971. The second-order valence-corrected chi connectivity index (χ2v) is 10.2. The molecule has 1 aromatic heterocycles. The highest BCUT2D eigenvalue weighted by Gasteiger charge is 2.45. The second-order valence-electron chi connectivity index (χ2n) is 10.2. The molecule has 0 aliphatic rings. The third-order valence-corrected chi connectivity index (χ3v) is 6.50. The van der Waals surface area contributed by atoms with Gasteiger partial charge in [0, 0.05) is 6.20 Å². The molecule has 4 amide bonds. The van der Waals surface area contributed by atoms with Crippen molar-refractivity contribution in [2.45, 2.75) is 38.5 Å². The Balaban J connectivity index is 1.77. The number of benzene rings is 2. The maximum atomic E-state index is 13.8. The molecule has 1 heterocycles. The predicted molar refractivity (Wildman–Crippen MR) is 161 cm³/mol. The number of aromatic nitrogens is 1. The van der Waals surface area contributed by atoms with Crippen molar-refractivity contribution in [3.63, 3.8) is 0 Å². The van der Waals surface area contributed by atoms with E-state index in [9.17, 15) is 24.0 Å². The van der Waals surface area contributed by atoms with E-state index in [-0.39, 0.29) is 24.6 Å². The largest absolute Gasteiger partial charge is 0.468 e. The highest BCUT2D eigenvalue weighted by molar-refractivity contribution is 5.98. The Labute approximate surface area is 255 Å². The summed E-state index contributed by atoms with van der Waals surface area (Å²) in [5.74, 6) is -2.74. The van der Waals surface area contributed by atoms with Crippen molar-refractivity contribution in [1.82, 2.24) is 26.3 Å². The number of pyridine rings is 1. The molecule has 2 atom stereocenters. The fraction of sp³-hybridized carbons (Fsp3) is 0.312. The minimum Gasteiger partial charge on any atom is -0.468 e. The number of carbonyl (C=O) groups excluding carboxylic acids is 5. The fourth-order valence-corrected chi connectivity index (χ4v) is 4.37. The number of alkyl carbamates (subject to hydrolysis) is 1. The van der Waals surface area contributed by atoms with Gasteiger partial charge in [-0.15, -0.1) is 0 Å². The van der Waals surface area contributed by atoms with E-state index in [2.05, 4.69) is 31.0 Å². The van der Waals surface area contributed by atoms with Crippen molar-refractivity contribution in [3.05, 3.63) is 102 Å². The standard InChI is InChI=1S/C32H37N5O7/c1-22(2)18-25(36-31(42)44-21-23-12-6-4-7-13-23)29(40)34-19-27(38)37-32(24-14-8-5-9-15-24,26-16-10-11-17-33-26)30(41)35-20-28(39)43-3/h4-17,22,25H,18-21H2,1-3H3,(H,34,40)(H,35,41)(H,36,42)(H,37,38)/t25-,32+/m0/s1. The number of nitrogens with one attached hydrogen (secondary N) is 4. The SMILES string of the molecule is COC(=O)CNC(=O)[C@@](NC(=O)CNC(=O)[C@H](CC(C)C)NC(=O)OCc1ccccc1)(c1ccccc1)c1ccccn1. The van der Waals surface area contributed by atoms with Crippen LogP contribution in [-0.4, -0.2) is 61.0 Å². The summed E-state index contributed by atoms with van der Waals surface area (Å²) < 4.78 is 9.90. The quantitative estimate of drug-likeness (QED) is 0.204. The molecule has 3 rings (SSSR count). The summed E-state index contributed by atoms with van der Waals surface area (Å²) in [5.41, 5.74) is -0.542. The van der Waals surface area contributed by atoms with E-state index >= 15 is 0 Å². The van der Waals surface area contributed by atoms with Crippen molar-refractivity contribution < 1.29 is 33.4 Å². The van der Waals surface area contributed by atoms with Crippen LogP contribution in [0.5, 0.6) is 0 Å². The van der Waals surface area contributed by atoms with Crippen LogP contribution in [0.25, 0.3) is 0 Å². The molecule has 2 aromatic carbocycles. The summed E-state index contributed by atoms with van der Waals surface area (Å²) in [4.78, 5) is 68.9. The summed E-state index contributed by atoms with van der Waals surface area (Å²) >= 11 is 0. The summed E-state index contributed by atoms with van der Waals surface area (Å²) in [6, 6.07) is 21.4. The van der Waals surface area contributed by atoms with Gasteiger partial charge in [0.15, 0.2) is 5.54 Å². The number of amides is 4. The van der Waals surface area contributed by atoms with Gasteiger partial charge in [0.05, 0.1) is 19.3 Å². The van der Waals surface area contributed by atoms with Gasteiger partial charge >= 0.3 is 12.1 Å². The van der Waals surface area contributed by atoms with Gasteiger partial charge in [-0.3, -0.25) is 24.2 Å². The van der Waals surface area contributed by atoms with Crippen LogP contribution in [0.1, 0.15) is 37.1 Å². The van der Waals surface area contributed by atoms with E-state index in [1.807, 2.05) is 32.0 Å². The third kappa shape index (κ3) is 9.38. The summed E-state index contributed by atoms with van der Waals surface area (Å²) in [7, 11) is 1.19. The molecule has 12 nitrogen and oxygen atoms in total. The molecule has 3 aromatic rings. The fourth-order valence-electron chi connectivity index (χ4n) is 4.37. The zero-order chi connectivity index (χ0) is 32.0. The van der Waals surface area contributed by atoms with Crippen LogP contribution in [0.3, 0.4) is 0 Å². The van der Waals surface area contributed by atoms with Gasteiger partial charge in [-0.05, 0) is 35.6 Å². The maximum absolute atomic E-state index is 13.8. The predicted octanol–water partition coefficient (Wildman–Crippen LogP) is 2.19. The molecule has 232 valence electrons. The van der Waals surface area contributed by atoms with Gasteiger partial charge in [-0.25, -0.2) is 4.79 Å². The number of ether oxygens (including phenoxy) is 2. The molecule has 0 unspecified atom stereocenters. The normalized spacial score (nSPS) is 12.6. The zero-order valence-electron chi connectivity index (χ0n) is 24.9. The Bertz CT molecular complexity index is 1360. The number of nitrogens with zero attached hydrogens (tertiary/aromatic N) is 1. The number of hydrogen-bond acceptors (Lipinski definition) is 8. The Morgan fingerprint density at radius 2 is 1.50 bits per heavy atom. The van der Waals surface area contributed by atoms with Gasteiger partial charge in [0.25, 0.3) is 5.91 Å². The zero-order valence-corrected chi connectivity index (χ0v) is 24.9. The van der Waals surface area contributed by atoms with Crippen molar-refractivity contribution >= 4 is 29.8 Å². The van der Waals surface area contributed by atoms with Crippen LogP contribution in [0.4, 0.5) is 4.79 Å². The molecule has 0 spiro atoms. The Morgan fingerprint density at radius 3 is 2.11 bits per heavy atom.